The van der Waals surface area contributed by atoms with Crippen molar-refractivity contribution in [1.29, 1.82) is 5.41 Å². The molecule has 1 atom stereocenters. The number of nitrogens with zero attached hydrogens (tertiary/aromatic N) is 1. The molecule has 0 saturated carbocycles. The lowest BCUT2D eigenvalue weighted by atomic mass is 10.1. The largest absolute Gasteiger partial charge is 0.458 e. The number of nitrogens with two attached hydrogens (primary N) is 1. The third-order valence-electron chi connectivity index (χ3n) is 6.22. The van der Waals surface area contributed by atoms with Gasteiger partial charge in [0.05, 0.1) is 30.9 Å². The highest BCUT2D eigenvalue weighted by atomic mass is 32.2. The Hall–Kier alpha value is -3.78. The number of benzene rings is 2. The Balaban J connectivity index is 1.81. The number of likely N-dealkylation sites (N-methyl/N-ethyl adjacent to an activating group) is 1. The lowest BCUT2D eigenvalue weighted by Crippen LogP contribution is -2.50. The van der Waals surface area contributed by atoms with E-state index in [1.54, 1.807) is 50.2 Å². The van der Waals surface area contributed by atoms with E-state index in [0.717, 1.165) is 16.0 Å². The summed E-state index contributed by atoms with van der Waals surface area (Å²) in [6.45, 7) is 5.56. The van der Waals surface area contributed by atoms with Gasteiger partial charge < -0.3 is 25.6 Å². The Bertz CT molecular complexity index is 1550. The van der Waals surface area contributed by atoms with Crippen LogP contribution in [0.2, 0.25) is 0 Å². The van der Waals surface area contributed by atoms with Crippen molar-refractivity contribution in [1.82, 2.24) is 10.0 Å². The van der Waals surface area contributed by atoms with Gasteiger partial charge in [0, 0.05) is 22.7 Å². The second-order valence-electron chi connectivity index (χ2n) is 11.0. The van der Waals surface area contributed by atoms with Crippen molar-refractivity contribution < 1.29 is 27.2 Å². The van der Waals surface area contributed by atoms with Gasteiger partial charge in [0.25, 0.3) is 5.91 Å². The van der Waals surface area contributed by atoms with E-state index < -0.39 is 27.9 Å². The number of hydrogen-bond acceptors (Lipinski definition) is 7. The molecule has 11 nitrogen and oxygen atoms in total. The molecule has 42 heavy (non-hydrogen) atoms. The topological polar surface area (TPSA) is 163 Å². The number of carbonyl (C=O) groups is 2. The summed E-state index contributed by atoms with van der Waals surface area (Å²) in [5, 5.41) is 13.0. The van der Waals surface area contributed by atoms with Crippen LogP contribution in [0, 0.1) is 26.2 Å². The highest BCUT2D eigenvalue weighted by molar-refractivity contribution is 7.89. The third kappa shape index (κ3) is 8.86. The number of aryl methyl sites for hydroxylation is 3. The van der Waals surface area contributed by atoms with Gasteiger partial charge in [-0.3, -0.25) is 15.0 Å². The molecule has 226 valence electrons. The molecule has 13 heteroatoms. The minimum absolute atomic E-state index is 0.0824. The molecule has 0 spiro atoms. The molecule has 1 unspecified atom stereocenters. The Morgan fingerprint density at radius 2 is 1.69 bits per heavy atom. The van der Waals surface area contributed by atoms with E-state index in [1.165, 1.54) is 11.3 Å². The van der Waals surface area contributed by atoms with Crippen LogP contribution in [-0.4, -0.2) is 77.6 Å². The number of hydrogen-bond donors (Lipinski definition) is 5. The highest BCUT2D eigenvalue weighted by Gasteiger charge is 2.30. The fraction of sp³-hybridized carbons (Fsp3) is 0.345. The van der Waals surface area contributed by atoms with Gasteiger partial charge >= 0.3 is 5.97 Å². The second-order valence-corrected chi connectivity index (χ2v) is 13.8. The molecule has 2 aromatic carbocycles. The minimum atomic E-state index is -4.13. The second kappa shape index (κ2) is 13.5. The fourth-order valence-electron chi connectivity index (χ4n) is 4.37. The molecule has 1 amide bonds. The van der Waals surface area contributed by atoms with Crippen LogP contribution in [0.5, 0.6) is 0 Å². The summed E-state index contributed by atoms with van der Waals surface area (Å²) >= 11 is 1.21. The highest BCUT2D eigenvalue weighted by Crippen LogP contribution is 2.33. The molecule has 0 aliphatic rings. The Kier molecular flexibility index (Phi) is 10.5. The number of esters is 1. The van der Waals surface area contributed by atoms with Crippen LogP contribution in [0.15, 0.2) is 53.4 Å². The van der Waals surface area contributed by atoms with Crippen molar-refractivity contribution in [2.75, 3.05) is 46.2 Å². The quantitative estimate of drug-likeness (QED) is 0.0905. The van der Waals surface area contributed by atoms with Crippen LogP contribution in [-0.2, 0) is 19.6 Å². The van der Waals surface area contributed by atoms with Crippen LogP contribution in [0.25, 0.3) is 10.4 Å². The first-order valence-electron chi connectivity index (χ1n) is 13.2. The van der Waals surface area contributed by atoms with E-state index in [0.29, 0.717) is 32.7 Å². The van der Waals surface area contributed by atoms with Gasteiger partial charge in [-0.25, -0.2) is 8.42 Å². The van der Waals surface area contributed by atoms with Crippen molar-refractivity contribution >= 4 is 44.9 Å². The zero-order valence-corrected chi connectivity index (χ0v) is 26.3. The summed E-state index contributed by atoms with van der Waals surface area (Å²) in [5.74, 6) is -1.48. The van der Waals surface area contributed by atoms with Crippen LogP contribution in [0.4, 0.5) is 5.69 Å². The van der Waals surface area contributed by atoms with E-state index in [-0.39, 0.29) is 24.0 Å². The molecule has 0 aliphatic carbocycles. The van der Waals surface area contributed by atoms with E-state index >= 15 is 0 Å². The zero-order valence-electron chi connectivity index (χ0n) is 24.7. The molecule has 0 aliphatic heterocycles. The Labute approximate surface area is 251 Å². The first kappa shape index (κ1) is 32.7. The van der Waals surface area contributed by atoms with Crippen molar-refractivity contribution in [2.24, 2.45) is 5.73 Å². The van der Waals surface area contributed by atoms with Crippen LogP contribution in [0.1, 0.15) is 26.4 Å². The maximum Gasteiger partial charge on any atom is 0.326 e. The number of carbonyl (C=O) groups excluding carboxylic acids is 2. The molecular formula is C29H39N6O5S2+. The molecule has 3 rings (SSSR count). The molecule has 6 N–H and O–H groups in total. The van der Waals surface area contributed by atoms with Gasteiger partial charge in [-0.1, -0.05) is 35.9 Å². The van der Waals surface area contributed by atoms with Crippen molar-refractivity contribution in [2.45, 2.75) is 31.7 Å². The van der Waals surface area contributed by atoms with Gasteiger partial charge in [0.2, 0.25) is 10.0 Å². The van der Waals surface area contributed by atoms with E-state index in [9.17, 15) is 18.0 Å². The molecule has 0 saturated heterocycles. The standard InChI is InChI=1S/C29H38N6O5S2/c1-18-15-19(2)26(20(3)16-18)42(38,39)34-23(28(37)40-14-13-35(4,5)6)17-32-27(36)25-12-11-24(41-25)21-9-7-8-10-22(21)33-29(30)31/h7-12,15-16,23,34H,13-14,17H2,1-6H3,(H4-,30,31,32,33,36)/p+1. The smallest absolute Gasteiger partial charge is 0.326 e. The number of amides is 1. The molecule has 1 aromatic heterocycles. The van der Waals surface area contributed by atoms with Gasteiger partial charge in [-0.2, -0.15) is 4.72 Å². The van der Waals surface area contributed by atoms with E-state index in [2.05, 4.69) is 15.4 Å². The van der Waals surface area contributed by atoms with Crippen molar-refractivity contribution in [3.05, 3.63) is 70.1 Å². The number of sulfonamides is 1. The molecule has 3 aromatic rings. The monoisotopic (exact) mass is 615 g/mol. The predicted octanol–water partition coefficient (Wildman–Crippen LogP) is 2.97. The maximum absolute atomic E-state index is 13.5. The maximum atomic E-state index is 13.5. The summed E-state index contributed by atoms with van der Waals surface area (Å²) in [4.78, 5) is 27.4. The SMILES string of the molecule is Cc1cc(C)c(S(=O)(=O)NC(CNC(=O)c2ccc(-c3ccccc3NC(=N)N)s2)C(=O)OCC[N+](C)(C)C)c(C)c1. The molecule has 0 fully saturated rings. The number of para-hydroxylation sites is 1. The summed E-state index contributed by atoms with van der Waals surface area (Å²) in [6, 6.07) is 12.8. The molecule has 0 bridgehead atoms. The Morgan fingerprint density at radius 1 is 1.05 bits per heavy atom. The summed E-state index contributed by atoms with van der Waals surface area (Å²) in [5.41, 5.74) is 8.89. The summed E-state index contributed by atoms with van der Waals surface area (Å²) in [7, 11) is 1.70. The van der Waals surface area contributed by atoms with Crippen molar-refractivity contribution in [3.63, 3.8) is 0 Å². The first-order chi connectivity index (χ1) is 19.6. The molecule has 1 heterocycles. The first-order valence-corrected chi connectivity index (χ1v) is 15.5. The lowest BCUT2D eigenvalue weighted by molar-refractivity contribution is -0.870. The summed E-state index contributed by atoms with van der Waals surface area (Å²) in [6.07, 6.45) is 0. The lowest BCUT2D eigenvalue weighted by Gasteiger charge is -2.24. The van der Waals surface area contributed by atoms with Crippen LogP contribution < -0.4 is 21.1 Å². The van der Waals surface area contributed by atoms with Crippen LogP contribution >= 0.6 is 11.3 Å². The van der Waals surface area contributed by atoms with Crippen molar-refractivity contribution in [3.8, 4) is 10.4 Å². The summed E-state index contributed by atoms with van der Waals surface area (Å²) < 4.78 is 35.3. The molecular weight excluding hydrogens is 576 g/mol. The number of nitrogens with one attached hydrogen (secondary N) is 4. The van der Waals surface area contributed by atoms with E-state index in [4.69, 9.17) is 15.9 Å². The van der Waals surface area contributed by atoms with Gasteiger partial charge in [-0.15, -0.1) is 11.3 Å². The Morgan fingerprint density at radius 3 is 2.31 bits per heavy atom. The number of guanidine groups is 1. The van der Waals surface area contributed by atoms with Gasteiger partial charge in [0.15, 0.2) is 5.96 Å². The van der Waals surface area contributed by atoms with E-state index in [1.807, 2.05) is 40.2 Å². The van der Waals surface area contributed by atoms with Gasteiger partial charge in [0.1, 0.15) is 19.2 Å². The number of thiophene rings is 1. The number of rotatable bonds is 12. The number of quaternary nitrogens is 1. The number of ether oxygens (including phenoxy) is 1. The molecule has 0 radical (unpaired) electrons. The van der Waals surface area contributed by atoms with Gasteiger partial charge in [-0.05, 0) is 50.1 Å². The zero-order chi connectivity index (χ0) is 31.2. The van der Waals surface area contributed by atoms with Crippen LogP contribution in [0.3, 0.4) is 0 Å². The average molecular weight is 616 g/mol. The normalized spacial score (nSPS) is 12.4. The average Bonchev–Trinajstić information content (AvgIpc) is 3.35. The number of anilines is 1. The third-order valence-corrected chi connectivity index (χ3v) is 9.11. The minimum Gasteiger partial charge on any atom is -0.458 e. The fourth-order valence-corrected chi connectivity index (χ4v) is 6.97. The predicted molar refractivity (Wildman–Crippen MR) is 166 cm³/mol.